The highest BCUT2D eigenvalue weighted by atomic mass is 79.9. The first-order valence-corrected chi connectivity index (χ1v) is 6.30. The summed E-state index contributed by atoms with van der Waals surface area (Å²) in [7, 11) is 0. The Morgan fingerprint density at radius 3 is 2.74 bits per heavy atom. The number of nitrogens with zero attached hydrogens (tertiary/aromatic N) is 3. The summed E-state index contributed by atoms with van der Waals surface area (Å²) in [4.78, 5) is 8.27. The maximum absolute atomic E-state index is 13.9. The highest BCUT2D eigenvalue weighted by molar-refractivity contribution is 9.10. The van der Waals surface area contributed by atoms with Crippen molar-refractivity contribution in [1.82, 2.24) is 14.4 Å². The van der Waals surface area contributed by atoms with Crippen molar-refractivity contribution in [2.75, 3.05) is 0 Å². The van der Waals surface area contributed by atoms with Crippen LogP contribution < -0.4 is 0 Å². The van der Waals surface area contributed by atoms with E-state index >= 15 is 0 Å². The van der Waals surface area contributed by atoms with Crippen LogP contribution in [0.2, 0.25) is 0 Å². The summed E-state index contributed by atoms with van der Waals surface area (Å²) in [6, 6.07) is 2.32. The number of aryl methyl sites for hydroxylation is 1. The molecule has 0 atom stereocenters. The van der Waals surface area contributed by atoms with Crippen molar-refractivity contribution in [2.24, 2.45) is 0 Å². The van der Waals surface area contributed by atoms with Crippen LogP contribution in [0, 0.1) is 18.6 Å². The molecule has 0 aliphatic carbocycles. The minimum Gasteiger partial charge on any atom is -0.289 e. The highest BCUT2D eigenvalue weighted by Gasteiger charge is 2.13. The number of rotatable bonds is 1. The number of hydrogen-bond donors (Lipinski definition) is 0. The molecule has 0 spiro atoms. The van der Waals surface area contributed by atoms with Crippen molar-refractivity contribution in [2.45, 2.75) is 6.92 Å². The summed E-state index contributed by atoms with van der Waals surface area (Å²) in [6.45, 7) is 1.52. The fourth-order valence-corrected chi connectivity index (χ4v) is 2.16. The van der Waals surface area contributed by atoms with Gasteiger partial charge in [0.1, 0.15) is 11.6 Å². The van der Waals surface area contributed by atoms with E-state index < -0.39 is 11.6 Å². The van der Waals surface area contributed by atoms with Crippen molar-refractivity contribution < 1.29 is 8.78 Å². The molecule has 3 aromatic rings. The highest BCUT2D eigenvalue weighted by Crippen LogP contribution is 2.25. The number of fused-ring (bicyclic) bond motifs is 1. The second-order valence-electron chi connectivity index (χ2n) is 4.19. The molecule has 0 radical (unpaired) electrons. The van der Waals surface area contributed by atoms with Crippen LogP contribution in [0.25, 0.3) is 17.0 Å². The fourth-order valence-electron chi connectivity index (χ4n) is 1.83. The van der Waals surface area contributed by atoms with E-state index in [0.717, 1.165) is 16.6 Å². The lowest BCUT2D eigenvalue weighted by Crippen LogP contribution is -1.90. The molecule has 0 amide bonds. The predicted molar refractivity (Wildman–Crippen MR) is 70.8 cm³/mol. The summed E-state index contributed by atoms with van der Waals surface area (Å²) >= 11 is 3.29. The molecule has 0 N–H and O–H groups in total. The summed E-state index contributed by atoms with van der Waals surface area (Å²) in [5, 5.41) is 0. The molecule has 3 rings (SSSR count). The van der Waals surface area contributed by atoms with Crippen LogP contribution in [0.1, 0.15) is 5.56 Å². The molecule has 0 aliphatic heterocycles. The van der Waals surface area contributed by atoms with Crippen LogP contribution in [-0.4, -0.2) is 14.4 Å². The van der Waals surface area contributed by atoms with Crippen molar-refractivity contribution in [3.8, 4) is 11.3 Å². The van der Waals surface area contributed by atoms with E-state index in [9.17, 15) is 8.78 Å². The maximum atomic E-state index is 13.9. The smallest absolute Gasteiger partial charge is 0.234 e. The molecule has 0 aliphatic rings. The van der Waals surface area contributed by atoms with Crippen LogP contribution in [0.4, 0.5) is 8.78 Å². The van der Waals surface area contributed by atoms with Gasteiger partial charge in [-0.15, -0.1) is 0 Å². The fraction of sp³-hybridized carbons (Fsp3) is 0.0769. The van der Waals surface area contributed by atoms with E-state index in [1.165, 1.54) is 6.92 Å². The van der Waals surface area contributed by atoms with Gasteiger partial charge in [0.05, 0.1) is 10.2 Å². The second-order valence-corrected chi connectivity index (χ2v) is 5.10. The third-order valence-corrected chi connectivity index (χ3v) is 3.21. The van der Waals surface area contributed by atoms with E-state index in [1.807, 2.05) is 0 Å². The normalized spacial score (nSPS) is 11.2. The van der Waals surface area contributed by atoms with Gasteiger partial charge in [-0.2, -0.15) is 0 Å². The first kappa shape index (κ1) is 12.2. The molecule has 19 heavy (non-hydrogen) atoms. The zero-order chi connectivity index (χ0) is 13.6. The summed E-state index contributed by atoms with van der Waals surface area (Å²) < 4.78 is 29.8. The summed E-state index contributed by atoms with van der Waals surface area (Å²) in [5.74, 6) is -0.525. The zero-order valence-electron chi connectivity index (χ0n) is 9.86. The minimum absolute atomic E-state index is 0.129. The third-order valence-electron chi connectivity index (χ3n) is 2.80. The SMILES string of the molecule is Cc1cc(F)c(-c2cn3cc(Br)cnc3n2)cc1F. The van der Waals surface area contributed by atoms with Crippen molar-refractivity contribution in [1.29, 1.82) is 0 Å². The second kappa shape index (κ2) is 4.38. The van der Waals surface area contributed by atoms with Crippen molar-refractivity contribution >= 4 is 21.7 Å². The van der Waals surface area contributed by atoms with Crippen LogP contribution >= 0.6 is 15.9 Å². The average Bonchev–Trinajstić information content (AvgIpc) is 2.76. The number of imidazole rings is 1. The van der Waals surface area contributed by atoms with Crippen molar-refractivity contribution in [3.63, 3.8) is 0 Å². The van der Waals surface area contributed by atoms with Gasteiger partial charge in [-0.25, -0.2) is 18.7 Å². The monoisotopic (exact) mass is 323 g/mol. The molecular formula is C13H8BrF2N3. The van der Waals surface area contributed by atoms with Gasteiger partial charge in [-0.1, -0.05) is 0 Å². The van der Waals surface area contributed by atoms with Gasteiger partial charge in [0.15, 0.2) is 0 Å². The van der Waals surface area contributed by atoms with Gasteiger partial charge in [-0.05, 0) is 40.5 Å². The summed E-state index contributed by atoms with van der Waals surface area (Å²) in [5.41, 5.74) is 0.748. The number of aromatic nitrogens is 3. The van der Waals surface area contributed by atoms with Crippen LogP contribution in [0.3, 0.4) is 0 Å². The zero-order valence-corrected chi connectivity index (χ0v) is 11.4. The maximum Gasteiger partial charge on any atom is 0.234 e. The number of hydrogen-bond acceptors (Lipinski definition) is 2. The van der Waals surface area contributed by atoms with E-state index in [-0.39, 0.29) is 11.1 Å². The molecule has 6 heteroatoms. The number of benzene rings is 1. The predicted octanol–water partition coefficient (Wildman–Crippen LogP) is 3.75. The van der Waals surface area contributed by atoms with Gasteiger partial charge >= 0.3 is 0 Å². The Labute approximate surface area is 116 Å². The minimum atomic E-state index is -0.499. The van der Waals surface area contributed by atoms with Crippen LogP contribution in [0.15, 0.2) is 35.2 Å². The Morgan fingerprint density at radius 2 is 1.95 bits per heavy atom. The number of halogens is 3. The Morgan fingerprint density at radius 1 is 1.16 bits per heavy atom. The molecule has 0 bridgehead atoms. The Balaban J connectivity index is 2.21. The molecule has 0 unspecified atom stereocenters. The first-order chi connectivity index (χ1) is 9.04. The molecule has 2 aromatic heterocycles. The standard InChI is InChI=1S/C13H8BrF2N3/c1-7-2-11(16)9(3-10(7)15)12-6-19-5-8(14)4-17-13(19)18-12/h2-6H,1H3. The Hall–Kier alpha value is -1.82. The summed E-state index contributed by atoms with van der Waals surface area (Å²) in [6.07, 6.45) is 4.96. The lowest BCUT2D eigenvalue weighted by atomic mass is 10.1. The molecule has 0 saturated carbocycles. The lowest BCUT2D eigenvalue weighted by molar-refractivity contribution is 0.595. The topological polar surface area (TPSA) is 30.2 Å². The average molecular weight is 324 g/mol. The molecule has 2 heterocycles. The van der Waals surface area contributed by atoms with Crippen molar-refractivity contribution in [3.05, 3.63) is 52.4 Å². The van der Waals surface area contributed by atoms with Gasteiger partial charge in [-0.3, -0.25) is 4.40 Å². The molecule has 0 fully saturated rings. The van der Waals surface area contributed by atoms with Gasteiger partial charge in [0, 0.05) is 24.2 Å². The van der Waals surface area contributed by atoms with Gasteiger partial charge in [0.2, 0.25) is 5.78 Å². The molecular weight excluding hydrogens is 316 g/mol. The van der Waals surface area contributed by atoms with E-state index in [4.69, 9.17) is 0 Å². The third kappa shape index (κ3) is 2.12. The van der Waals surface area contributed by atoms with Crippen LogP contribution in [-0.2, 0) is 0 Å². The largest absolute Gasteiger partial charge is 0.289 e. The molecule has 0 saturated heterocycles. The lowest BCUT2D eigenvalue weighted by Gasteiger charge is -2.02. The van der Waals surface area contributed by atoms with E-state index in [2.05, 4.69) is 25.9 Å². The molecule has 3 nitrogen and oxygen atoms in total. The molecule has 1 aromatic carbocycles. The first-order valence-electron chi connectivity index (χ1n) is 5.51. The van der Waals surface area contributed by atoms with Gasteiger partial charge in [0.25, 0.3) is 0 Å². The van der Waals surface area contributed by atoms with E-state index in [1.54, 1.807) is 23.0 Å². The molecule has 96 valence electrons. The van der Waals surface area contributed by atoms with Crippen LogP contribution in [0.5, 0.6) is 0 Å². The Bertz CT molecular complexity index is 783. The van der Waals surface area contributed by atoms with Gasteiger partial charge < -0.3 is 0 Å². The quantitative estimate of drug-likeness (QED) is 0.682. The Kier molecular flexibility index (Phi) is 2.82. The van der Waals surface area contributed by atoms with E-state index in [0.29, 0.717) is 11.5 Å².